The quantitative estimate of drug-likeness (QED) is 0.462. The molecular formula is C14H19N3O3S. The second kappa shape index (κ2) is 9.04. The van der Waals surface area contributed by atoms with E-state index < -0.39 is 11.8 Å². The molecule has 1 aromatic carbocycles. The van der Waals surface area contributed by atoms with Crippen LogP contribution in [-0.4, -0.2) is 43.6 Å². The molecule has 0 saturated carbocycles. The molecule has 1 aromatic rings. The molecule has 7 heteroatoms. The number of hydrogen-bond acceptors (Lipinski definition) is 4. The van der Waals surface area contributed by atoms with Crippen LogP contribution in [0.2, 0.25) is 0 Å². The predicted octanol–water partition coefficient (Wildman–Crippen LogP) is -0.0649. The summed E-state index contributed by atoms with van der Waals surface area (Å²) in [7, 11) is 1.54. The lowest BCUT2D eigenvalue weighted by Crippen LogP contribution is -2.42. The lowest BCUT2D eigenvalue weighted by Gasteiger charge is -2.15. The zero-order valence-corrected chi connectivity index (χ0v) is 12.6. The van der Waals surface area contributed by atoms with Crippen molar-refractivity contribution in [1.29, 1.82) is 0 Å². The van der Waals surface area contributed by atoms with Crippen LogP contribution >= 0.6 is 12.2 Å². The van der Waals surface area contributed by atoms with Crippen LogP contribution in [0.1, 0.15) is 11.5 Å². The number of amides is 2. The van der Waals surface area contributed by atoms with Gasteiger partial charge in [-0.15, -0.1) is 0 Å². The summed E-state index contributed by atoms with van der Waals surface area (Å²) in [4.78, 5) is 23.7. The number of ether oxygens (including phenoxy) is 1. The molecule has 21 heavy (non-hydrogen) atoms. The third-order valence-corrected chi connectivity index (χ3v) is 2.97. The molecule has 0 bridgehead atoms. The number of benzene rings is 1. The molecule has 2 amide bonds. The van der Waals surface area contributed by atoms with Gasteiger partial charge in [0, 0.05) is 13.7 Å². The number of carbonyl (C=O) groups is 2. The fourth-order valence-corrected chi connectivity index (χ4v) is 1.96. The summed E-state index contributed by atoms with van der Waals surface area (Å²) in [6.07, 6.45) is 0. The monoisotopic (exact) mass is 309 g/mol. The van der Waals surface area contributed by atoms with Gasteiger partial charge in [-0.1, -0.05) is 42.5 Å². The highest BCUT2D eigenvalue weighted by molar-refractivity contribution is 7.80. The first kappa shape index (κ1) is 17.1. The van der Waals surface area contributed by atoms with Gasteiger partial charge < -0.3 is 21.1 Å². The Morgan fingerprint density at radius 3 is 2.52 bits per heavy atom. The molecular weight excluding hydrogens is 290 g/mol. The summed E-state index contributed by atoms with van der Waals surface area (Å²) in [5, 5.41) is 5.13. The van der Waals surface area contributed by atoms with Gasteiger partial charge in [0.25, 0.3) is 0 Å². The van der Waals surface area contributed by atoms with Crippen LogP contribution < -0.4 is 16.4 Å². The van der Waals surface area contributed by atoms with Crippen molar-refractivity contribution in [2.45, 2.75) is 5.92 Å². The number of methoxy groups -OCH3 is 1. The minimum Gasteiger partial charge on any atom is -0.392 e. The maximum atomic E-state index is 12.1. The molecule has 0 spiro atoms. The van der Waals surface area contributed by atoms with Gasteiger partial charge in [0.05, 0.1) is 18.1 Å². The van der Waals surface area contributed by atoms with E-state index in [0.29, 0.717) is 18.7 Å². The Balaban J connectivity index is 2.55. The molecule has 0 heterocycles. The van der Waals surface area contributed by atoms with Gasteiger partial charge in [0.1, 0.15) is 5.92 Å². The molecule has 0 aliphatic carbocycles. The summed E-state index contributed by atoms with van der Waals surface area (Å²) in [5.41, 5.74) is 6.32. The van der Waals surface area contributed by atoms with Gasteiger partial charge in [-0.25, -0.2) is 0 Å². The van der Waals surface area contributed by atoms with Crippen LogP contribution in [0.25, 0.3) is 0 Å². The zero-order valence-electron chi connectivity index (χ0n) is 11.8. The van der Waals surface area contributed by atoms with Gasteiger partial charge in [-0.05, 0) is 5.56 Å². The molecule has 0 fully saturated rings. The maximum absolute atomic E-state index is 12.1. The highest BCUT2D eigenvalue weighted by Crippen LogP contribution is 2.15. The summed E-state index contributed by atoms with van der Waals surface area (Å²) in [6, 6.07) is 8.96. The van der Waals surface area contributed by atoms with Crippen molar-refractivity contribution in [3.05, 3.63) is 35.9 Å². The van der Waals surface area contributed by atoms with E-state index >= 15 is 0 Å². The topological polar surface area (TPSA) is 93.5 Å². The molecule has 6 nitrogen and oxygen atoms in total. The van der Waals surface area contributed by atoms with E-state index in [0.717, 1.165) is 0 Å². The normalized spacial score (nSPS) is 11.5. The highest BCUT2D eigenvalue weighted by atomic mass is 32.1. The van der Waals surface area contributed by atoms with Crippen molar-refractivity contribution in [2.75, 3.05) is 26.8 Å². The molecule has 0 aromatic heterocycles. The van der Waals surface area contributed by atoms with Gasteiger partial charge in [-0.2, -0.15) is 0 Å². The van der Waals surface area contributed by atoms with Crippen LogP contribution in [0.4, 0.5) is 0 Å². The van der Waals surface area contributed by atoms with Crippen LogP contribution in [0.3, 0.4) is 0 Å². The van der Waals surface area contributed by atoms with E-state index in [1.807, 2.05) is 6.07 Å². The second-order valence-electron chi connectivity index (χ2n) is 4.31. The van der Waals surface area contributed by atoms with Crippen LogP contribution in [0.5, 0.6) is 0 Å². The average molecular weight is 309 g/mol. The van der Waals surface area contributed by atoms with Crippen molar-refractivity contribution in [2.24, 2.45) is 5.73 Å². The third kappa shape index (κ3) is 5.88. The summed E-state index contributed by atoms with van der Waals surface area (Å²) < 4.78 is 4.81. The Morgan fingerprint density at radius 2 is 1.95 bits per heavy atom. The summed E-state index contributed by atoms with van der Waals surface area (Å²) in [6.45, 7) is 0.677. The van der Waals surface area contributed by atoms with E-state index in [-0.39, 0.29) is 17.4 Å². The molecule has 0 aliphatic rings. The van der Waals surface area contributed by atoms with E-state index in [2.05, 4.69) is 10.6 Å². The van der Waals surface area contributed by atoms with E-state index in [9.17, 15) is 9.59 Å². The first-order chi connectivity index (χ1) is 10.1. The molecule has 0 saturated heterocycles. The molecule has 114 valence electrons. The first-order valence-corrected chi connectivity index (χ1v) is 6.84. The van der Waals surface area contributed by atoms with Crippen molar-refractivity contribution < 1.29 is 14.3 Å². The third-order valence-electron chi connectivity index (χ3n) is 2.73. The second-order valence-corrected chi connectivity index (χ2v) is 4.78. The lowest BCUT2D eigenvalue weighted by molar-refractivity contribution is -0.126. The van der Waals surface area contributed by atoms with Crippen molar-refractivity contribution in [3.8, 4) is 0 Å². The van der Waals surface area contributed by atoms with E-state index in [1.54, 1.807) is 31.4 Å². The number of rotatable bonds is 8. The predicted molar refractivity (Wildman–Crippen MR) is 83.9 cm³/mol. The zero-order chi connectivity index (χ0) is 15.7. The van der Waals surface area contributed by atoms with Gasteiger partial charge >= 0.3 is 0 Å². The highest BCUT2D eigenvalue weighted by Gasteiger charge is 2.23. The standard InChI is InChI=1S/C14H19N3O3S/c1-20-8-7-16-11(18)9-17-14(19)12(13(15)21)10-5-3-2-4-6-10/h2-6,12H,7-9H2,1H3,(H2,15,21)(H,16,18)(H,17,19). The van der Waals surface area contributed by atoms with Crippen LogP contribution in [-0.2, 0) is 14.3 Å². The van der Waals surface area contributed by atoms with E-state index in [1.165, 1.54) is 0 Å². The fraction of sp³-hybridized carbons (Fsp3) is 0.357. The van der Waals surface area contributed by atoms with Crippen LogP contribution in [0.15, 0.2) is 30.3 Å². The Morgan fingerprint density at radius 1 is 1.29 bits per heavy atom. The van der Waals surface area contributed by atoms with E-state index in [4.69, 9.17) is 22.7 Å². The molecule has 0 aliphatic heterocycles. The number of thiocarbonyl (C=S) groups is 1. The first-order valence-electron chi connectivity index (χ1n) is 6.44. The Labute approximate surface area is 129 Å². The number of hydrogen-bond donors (Lipinski definition) is 3. The molecule has 1 atom stereocenters. The lowest BCUT2D eigenvalue weighted by atomic mass is 9.98. The average Bonchev–Trinajstić information content (AvgIpc) is 2.46. The molecule has 4 N–H and O–H groups in total. The molecule has 1 unspecified atom stereocenters. The SMILES string of the molecule is COCCNC(=O)CNC(=O)C(C(N)=S)c1ccccc1. The minimum absolute atomic E-state index is 0.0680. The van der Waals surface area contributed by atoms with Crippen molar-refractivity contribution in [1.82, 2.24) is 10.6 Å². The van der Waals surface area contributed by atoms with Crippen molar-refractivity contribution >= 4 is 29.0 Å². The van der Waals surface area contributed by atoms with Gasteiger partial charge in [0.15, 0.2) is 0 Å². The Hall–Kier alpha value is -1.99. The van der Waals surface area contributed by atoms with Gasteiger partial charge in [-0.3, -0.25) is 9.59 Å². The number of nitrogens with one attached hydrogen (secondary N) is 2. The Kier molecular flexibility index (Phi) is 7.34. The molecule has 1 rings (SSSR count). The van der Waals surface area contributed by atoms with Gasteiger partial charge in [0.2, 0.25) is 11.8 Å². The Bertz CT molecular complexity index is 493. The summed E-state index contributed by atoms with van der Waals surface area (Å²) >= 11 is 4.94. The minimum atomic E-state index is -0.743. The van der Waals surface area contributed by atoms with Crippen LogP contribution in [0, 0.1) is 0 Å². The smallest absolute Gasteiger partial charge is 0.239 e. The molecule has 0 radical (unpaired) electrons. The fourth-order valence-electron chi connectivity index (χ4n) is 1.71. The maximum Gasteiger partial charge on any atom is 0.239 e. The summed E-state index contributed by atoms with van der Waals surface area (Å²) in [5.74, 6) is -1.43. The number of nitrogens with two attached hydrogens (primary N) is 1. The van der Waals surface area contributed by atoms with Crippen molar-refractivity contribution in [3.63, 3.8) is 0 Å². The number of carbonyl (C=O) groups excluding carboxylic acids is 2. The largest absolute Gasteiger partial charge is 0.392 e.